The topological polar surface area (TPSA) is 145 Å². The summed E-state index contributed by atoms with van der Waals surface area (Å²) in [6.45, 7) is 2.36. The summed E-state index contributed by atoms with van der Waals surface area (Å²) in [5.74, 6) is 0.552. The van der Waals surface area contributed by atoms with Crippen molar-refractivity contribution in [1.29, 1.82) is 0 Å². The van der Waals surface area contributed by atoms with E-state index in [0.717, 1.165) is 0 Å². The van der Waals surface area contributed by atoms with E-state index in [-0.39, 0.29) is 5.91 Å². The van der Waals surface area contributed by atoms with Crippen molar-refractivity contribution in [2.24, 2.45) is 5.10 Å². The van der Waals surface area contributed by atoms with Crippen LogP contribution in [0.5, 0.6) is 0 Å². The predicted octanol–water partition coefficient (Wildman–Crippen LogP) is -1.32. The van der Waals surface area contributed by atoms with Crippen LogP contribution in [0.4, 0.5) is 5.82 Å². The Labute approximate surface area is 153 Å². The predicted molar refractivity (Wildman–Crippen MR) is 93.9 cm³/mol. The number of ether oxygens (including phenoxy) is 1. The number of amides is 1. The molecule has 2 aliphatic heterocycles. The van der Waals surface area contributed by atoms with E-state index in [4.69, 9.17) is 4.74 Å². The molecular weight excluding hydrogens is 356 g/mol. The first kappa shape index (κ1) is 17.8. The quantitative estimate of drug-likeness (QED) is 0.505. The molecule has 0 aliphatic carbocycles. The maximum atomic E-state index is 11.6. The molecule has 27 heavy (non-hydrogen) atoms. The molecule has 4 atom stereocenters. The molecule has 144 valence electrons. The van der Waals surface area contributed by atoms with Gasteiger partial charge in [0.2, 0.25) is 5.91 Å². The minimum atomic E-state index is -1.67. The van der Waals surface area contributed by atoms with Gasteiger partial charge in [-0.05, 0) is 6.92 Å². The van der Waals surface area contributed by atoms with E-state index in [1.165, 1.54) is 25.2 Å². The maximum Gasteiger partial charge on any atom is 0.222 e. The zero-order valence-electron chi connectivity index (χ0n) is 15.0. The molecule has 2 aromatic heterocycles. The van der Waals surface area contributed by atoms with Crippen molar-refractivity contribution in [3.63, 3.8) is 0 Å². The highest BCUT2D eigenvalue weighted by molar-refractivity contribution is 6.18. The standard InChI is InChI=1S/C16H20N6O5/c1-7(24)19-12-8-4-22(15-16(2,26)11(25)9(5-23)27-15)14-10(8)13(17-6-18-14)21(3)20-12/h4,6,9,11,15,23,25-26H,5H2,1-3H3,(H,19,20,24)/t9-,11-,15-,16-/m1/s1. The Bertz CT molecular complexity index is 954. The lowest BCUT2D eigenvalue weighted by Crippen LogP contribution is -2.44. The fourth-order valence-electron chi connectivity index (χ4n) is 3.57. The summed E-state index contributed by atoms with van der Waals surface area (Å²) in [5.41, 5.74) is -0.668. The number of nitrogens with one attached hydrogen (secondary N) is 1. The highest BCUT2D eigenvalue weighted by atomic mass is 16.6. The number of carbonyl (C=O) groups excluding carboxylic acids is 1. The molecule has 0 aromatic carbocycles. The van der Waals surface area contributed by atoms with Gasteiger partial charge >= 0.3 is 0 Å². The second-order valence-electron chi connectivity index (χ2n) is 6.88. The first-order valence-electron chi connectivity index (χ1n) is 8.38. The molecule has 0 saturated carbocycles. The molecule has 2 aromatic rings. The van der Waals surface area contributed by atoms with Crippen LogP contribution in [0, 0.1) is 0 Å². The lowest BCUT2D eigenvalue weighted by molar-refractivity contribution is -0.117. The van der Waals surface area contributed by atoms with Gasteiger partial charge in [-0.2, -0.15) is 5.10 Å². The van der Waals surface area contributed by atoms with Crippen LogP contribution in [0.15, 0.2) is 17.6 Å². The summed E-state index contributed by atoms with van der Waals surface area (Å²) in [7, 11) is 1.69. The molecule has 4 heterocycles. The normalized spacial score (nSPS) is 29.9. The largest absolute Gasteiger partial charge is 0.394 e. The smallest absolute Gasteiger partial charge is 0.222 e. The number of anilines is 1. The monoisotopic (exact) mass is 376 g/mol. The third-order valence-corrected chi connectivity index (χ3v) is 4.88. The number of hydrazone groups is 1. The molecule has 1 amide bonds. The van der Waals surface area contributed by atoms with E-state index in [2.05, 4.69) is 20.4 Å². The Hall–Kier alpha value is -2.60. The number of nitrogens with zero attached hydrogens (tertiary/aromatic N) is 5. The second-order valence-corrected chi connectivity index (χ2v) is 6.88. The van der Waals surface area contributed by atoms with Gasteiger partial charge in [-0.25, -0.2) is 15.0 Å². The van der Waals surface area contributed by atoms with Gasteiger partial charge in [0.1, 0.15) is 29.8 Å². The van der Waals surface area contributed by atoms with E-state index in [0.29, 0.717) is 28.3 Å². The van der Waals surface area contributed by atoms with Crippen molar-refractivity contribution in [3.8, 4) is 0 Å². The van der Waals surface area contributed by atoms with E-state index in [1.54, 1.807) is 17.8 Å². The van der Waals surface area contributed by atoms with Gasteiger partial charge in [-0.1, -0.05) is 0 Å². The van der Waals surface area contributed by atoms with Crippen molar-refractivity contribution in [2.45, 2.75) is 37.9 Å². The van der Waals surface area contributed by atoms with Gasteiger partial charge in [0.25, 0.3) is 0 Å². The summed E-state index contributed by atoms with van der Waals surface area (Å²) >= 11 is 0. The molecule has 0 unspecified atom stereocenters. The minimum Gasteiger partial charge on any atom is -0.394 e. The fraction of sp³-hybridized carbons (Fsp3) is 0.500. The molecule has 11 heteroatoms. The van der Waals surface area contributed by atoms with E-state index < -0.39 is 30.6 Å². The number of hydrogen-bond acceptors (Lipinski definition) is 9. The third-order valence-electron chi connectivity index (χ3n) is 4.88. The highest BCUT2D eigenvalue weighted by Gasteiger charge is 2.53. The average molecular weight is 376 g/mol. The Morgan fingerprint density at radius 2 is 2.19 bits per heavy atom. The molecule has 0 bridgehead atoms. The molecular formula is C16H20N6O5. The number of aromatic nitrogens is 3. The van der Waals surface area contributed by atoms with Crippen LogP contribution in [0.1, 0.15) is 25.6 Å². The van der Waals surface area contributed by atoms with Gasteiger partial charge in [0.15, 0.2) is 17.9 Å². The Morgan fingerprint density at radius 3 is 2.81 bits per heavy atom. The van der Waals surface area contributed by atoms with Gasteiger partial charge in [0.05, 0.1) is 17.6 Å². The van der Waals surface area contributed by atoms with Crippen LogP contribution in [0.2, 0.25) is 0 Å². The Balaban J connectivity index is 1.91. The zero-order valence-corrected chi connectivity index (χ0v) is 15.0. The molecule has 2 aliphatic rings. The van der Waals surface area contributed by atoms with Gasteiger partial charge in [0, 0.05) is 20.2 Å². The number of carbonyl (C=O) groups is 1. The number of aliphatic hydroxyl groups excluding tert-OH is 2. The van der Waals surface area contributed by atoms with Crippen LogP contribution >= 0.6 is 0 Å². The van der Waals surface area contributed by atoms with Crippen LogP contribution in [0.25, 0.3) is 11.0 Å². The zero-order chi connectivity index (χ0) is 19.5. The van der Waals surface area contributed by atoms with E-state index in [1.807, 2.05) is 0 Å². The molecule has 4 N–H and O–H groups in total. The van der Waals surface area contributed by atoms with Crippen LogP contribution < -0.4 is 10.3 Å². The molecule has 1 fully saturated rings. The fourth-order valence-corrected chi connectivity index (χ4v) is 3.57. The summed E-state index contributed by atoms with van der Waals surface area (Å²) in [5, 5.41) is 39.7. The number of aliphatic hydroxyl groups is 3. The summed E-state index contributed by atoms with van der Waals surface area (Å²) in [6.07, 6.45) is -0.243. The molecule has 0 spiro atoms. The third kappa shape index (κ3) is 2.51. The SMILES string of the molecule is CC(=O)NC1=NN(C)c2ncnc3c2c1cn3[C@@H]1O[C@H](CO)[C@@H](O)[C@@]1(C)O. The van der Waals surface area contributed by atoms with Crippen LogP contribution in [0.3, 0.4) is 0 Å². The van der Waals surface area contributed by atoms with Gasteiger partial charge < -0.3 is 29.9 Å². The van der Waals surface area contributed by atoms with Crippen LogP contribution in [-0.2, 0) is 9.53 Å². The Kier molecular flexibility index (Phi) is 3.93. The lowest BCUT2D eigenvalue weighted by Gasteiger charge is -2.27. The highest BCUT2D eigenvalue weighted by Crippen LogP contribution is 2.42. The first-order chi connectivity index (χ1) is 12.8. The van der Waals surface area contributed by atoms with E-state index in [9.17, 15) is 20.1 Å². The molecule has 1 saturated heterocycles. The van der Waals surface area contributed by atoms with E-state index >= 15 is 0 Å². The van der Waals surface area contributed by atoms with Crippen molar-refractivity contribution >= 4 is 28.6 Å². The summed E-state index contributed by atoms with van der Waals surface area (Å²) < 4.78 is 7.27. The van der Waals surface area contributed by atoms with Crippen molar-refractivity contribution in [2.75, 3.05) is 18.7 Å². The average Bonchev–Trinajstić information content (AvgIpc) is 3.09. The summed E-state index contributed by atoms with van der Waals surface area (Å²) in [4.78, 5) is 20.1. The van der Waals surface area contributed by atoms with Gasteiger partial charge in [-0.15, -0.1) is 0 Å². The van der Waals surface area contributed by atoms with Gasteiger partial charge in [-0.3, -0.25) is 4.79 Å². The second kappa shape index (κ2) is 5.96. The Morgan fingerprint density at radius 1 is 1.44 bits per heavy atom. The van der Waals surface area contributed by atoms with Crippen LogP contribution in [-0.4, -0.2) is 73.1 Å². The number of rotatable bonds is 2. The molecule has 11 nitrogen and oxygen atoms in total. The summed E-state index contributed by atoms with van der Waals surface area (Å²) in [6, 6.07) is 0. The lowest BCUT2D eigenvalue weighted by atomic mass is 9.96. The van der Waals surface area contributed by atoms with Crippen molar-refractivity contribution in [1.82, 2.24) is 19.9 Å². The minimum absolute atomic E-state index is 0.289. The number of hydrogen-bond donors (Lipinski definition) is 4. The number of amidine groups is 1. The first-order valence-corrected chi connectivity index (χ1v) is 8.38. The van der Waals surface area contributed by atoms with Crippen molar-refractivity contribution < 1.29 is 24.9 Å². The maximum absolute atomic E-state index is 11.6. The van der Waals surface area contributed by atoms with Crippen molar-refractivity contribution in [3.05, 3.63) is 18.1 Å². The molecule has 0 radical (unpaired) electrons. The molecule has 4 rings (SSSR count).